The number of rotatable bonds is 5. The molecule has 0 spiro atoms. The van der Waals surface area contributed by atoms with Gasteiger partial charge in [0.05, 0.1) is 6.33 Å². The number of aromatic nitrogens is 4. The Morgan fingerprint density at radius 2 is 2.33 bits per heavy atom. The summed E-state index contributed by atoms with van der Waals surface area (Å²) in [6.45, 7) is 2.68. The van der Waals surface area contributed by atoms with Gasteiger partial charge >= 0.3 is 0 Å². The second-order valence-electron chi connectivity index (χ2n) is 3.92. The lowest BCUT2D eigenvalue weighted by molar-refractivity contribution is 0.533. The van der Waals surface area contributed by atoms with Gasteiger partial charge in [0.25, 0.3) is 0 Å². The third-order valence-corrected chi connectivity index (χ3v) is 2.82. The maximum Gasteiger partial charge on any atom is 0.165 e. The molecule has 0 fully saturated rings. The Labute approximate surface area is 103 Å². The summed E-state index contributed by atoms with van der Waals surface area (Å²) in [7, 11) is 0. The molecule has 0 radical (unpaired) electrons. The van der Waals surface area contributed by atoms with Gasteiger partial charge in [-0.15, -0.1) is 0 Å². The van der Waals surface area contributed by atoms with E-state index in [2.05, 4.69) is 25.0 Å². The second kappa shape index (κ2) is 5.33. The van der Waals surface area contributed by atoms with Crippen LogP contribution in [0.4, 0.5) is 5.82 Å². The van der Waals surface area contributed by atoms with Gasteiger partial charge in [-0.3, -0.25) is 0 Å². The molecular formula is C10H14N8. The second-order valence-corrected chi connectivity index (χ2v) is 3.92. The summed E-state index contributed by atoms with van der Waals surface area (Å²) in [5.41, 5.74) is 15.5. The highest BCUT2D eigenvalue weighted by Gasteiger charge is 2.09. The summed E-state index contributed by atoms with van der Waals surface area (Å²) in [4.78, 5) is 15.1. The van der Waals surface area contributed by atoms with E-state index in [0.29, 0.717) is 23.5 Å². The predicted octanol–water partition coefficient (Wildman–Crippen LogP) is 1.89. The number of nitrogen functional groups attached to an aromatic ring is 1. The fraction of sp³-hybridized carbons (Fsp3) is 0.500. The molecule has 2 rings (SSSR count). The third-order valence-electron chi connectivity index (χ3n) is 2.82. The first kappa shape index (κ1) is 12.1. The van der Waals surface area contributed by atoms with Crippen LogP contribution in [0, 0.1) is 0 Å². The Bertz CT molecular complexity index is 583. The maximum atomic E-state index is 8.44. The fourth-order valence-corrected chi connectivity index (χ4v) is 1.77. The quantitative estimate of drug-likeness (QED) is 0.492. The molecule has 2 aromatic rings. The summed E-state index contributed by atoms with van der Waals surface area (Å²) in [6, 6.07) is -0.00775. The van der Waals surface area contributed by atoms with Crippen LogP contribution in [0.1, 0.15) is 19.8 Å². The molecule has 0 aromatic carbocycles. The minimum atomic E-state index is -0.00775. The number of hydrogen-bond acceptors (Lipinski definition) is 5. The van der Waals surface area contributed by atoms with Gasteiger partial charge in [0.15, 0.2) is 11.5 Å². The van der Waals surface area contributed by atoms with Gasteiger partial charge in [0.1, 0.15) is 11.8 Å². The summed E-state index contributed by atoms with van der Waals surface area (Å²) in [5.74, 6) is 0.376. The molecule has 8 heteroatoms. The maximum absolute atomic E-state index is 8.44. The van der Waals surface area contributed by atoms with Crippen molar-refractivity contribution in [1.82, 2.24) is 19.5 Å². The van der Waals surface area contributed by atoms with Crippen molar-refractivity contribution in [3.05, 3.63) is 23.1 Å². The van der Waals surface area contributed by atoms with Gasteiger partial charge < -0.3 is 10.3 Å². The van der Waals surface area contributed by atoms with Gasteiger partial charge in [-0.1, -0.05) is 12.0 Å². The molecule has 0 saturated carbocycles. The van der Waals surface area contributed by atoms with E-state index in [1.807, 2.05) is 11.5 Å². The molecule has 18 heavy (non-hydrogen) atoms. The van der Waals surface area contributed by atoms with E-state index in [-0.39, 0.29) is 6.04 Å². The number of fused-ring (bicyclic) bond motifs is 1. The van der Waals surface area contributed by atoms with E-state index < -0.39 is 0 Å². The minimum Gasteiger partial charge on any atom is -0.382 e. The lowest BCUT2D eigenvalue weighted by Crippen LogP contribution is -2.08. The average molecular weight is 246 g/mol. The Morgan fingerprint density at radius 3 is 3.06 bits per heavy atom. The van der Waals surface area contributed by atoms with Gasteiger partial charge in [-0.05, 0) is 18.4 Å². The van der Waals surface area contributed by atoms with Crippen LogP contribution in [-0.2, 0) is 6.54 Å². The SMILES string of the molecule is CC[C@H](CCn1cnc2c(N)ncnc21)N=[N+]=[N-]. The molecule has 1 atom stereocenters. The third kappa shape index (κ3) is 2.33. The molecule has 2 aromatic heterocycles. The van der Waals surface area contributed by atoms with Gasteiger partial charge in [-0.2, -0.15) is 0 Å². The van der Waals surface area contributed by atoms with Gasteiger partial charge in [-0.25, -0.2) is 15.0 Å². The molecule has 0 aliphatic carbocycles. The van der Waals surface area contributed by atoms with Crippen LogP contribution >= 0.6 is 0 Å². The monoisotopic (exact) mass is 246 g/mol. The van der Waals surface area contributed by atoms with Crippen molar-refractivity contribution in [3.8, 4) is 0 Å². The first-order valence-corrected chi connectivity index (χ1v) is 5.71. The molecule has 0 amide bonds. The molecule has 94 valence electrons. The van der Waals surface area contributed by atoms with Crippen LogP contribution in [0.15, 0.2) is 17.8 Å². The van der Waals surface area contributed by atoms with Crippen LogP contribution in [0.25, 0.3) is 21.6 Å². The van der Waals surface area contributed by atoms with E-state index >= 15 is 0 Å². The van der Waals surface area contributed by atoms with Crippen molar-refractivity contribution < 1.29 is 0 Å². The molecule has 0 aliphatic heterocycles. The Morgan fingerprint density at radius 1 is 1.50 bits per heavy atom. The van der Waals surface area contributed by atoms with Crippen LogP contribution in [-0.4, -0.2) is 25.6 Å². The van der Waals surface area contributed by atoms with Crippen LogP contribution in [0.5, 0.6) is 0 Å². The lowest BCUT2D eigenvalue weighted by atomic mass is 10.2. The Balaban J connectivity index is 2.17. The molecule has 0 saturated heterocycles. The standard InChI is InChI=1S/C10H14N8/c1-2-7(16-17-12)3-4-18-6-15-8-9(11)13-5-14-10(8)18/h5-7H,2-4H2,1H3,(H2,11,13,14)/t7-/m1/s1. The van der Waals surface area contributed by atoms with E-state index in [1.54, 1.807) is 6.33 Å². The van der Waals surface area contributed by atoms with Crippen molar-refractivity contribution in [2.24, 2.45) is 5.11 Å². The van der Waals surface area contributed by atoms with E-state index in [1.165, 1.54) is 6.33 Å². The van der Waals surface area contributed by atoms with Crippen molar-refractivity contribution in [3.63, 3.8) is 0 Å². The van der Waals surface area contributed by atoms with Gasteiger partial charge in [0.2, 0.25) is 0 Å². The molecule has 2 heterocycles. The van der Waals surface area contributed by atoms with Crippen molar-refractivity contribution in [1.29, 1.82) is 0 Å². The number of nitrogens with zero attached hydrogens (tertiary/aromatic N) is 7. The zero-order chi connectivity index (χ0) is 13.0. The smallest absolute Gasteiger partial charge is 0.165 e. The highest BCUT2D eigenvalue weighted by Crippen LogP contribution is 2.15. The zero-order valence-corrected chi connectivity index (χ0v) is 10.1. The number of hydrogen-bond donors (Lipinski definition) is 1. The summed E-state index contributed by atoms with van der Waals surface area (Å²) >= 11 is 0. The summed E-state index contributed by atoms with van der Waals surface area (Å²) in [6.07, 6.45) is 4.66. The first-order valence-electron chi connectivity index (χ1n) is 5.71. The van der Waals surface area contributed by atoms with E-state index in [4.69, 9.17) is 11.3 Å². The molecular weight excluding hydrogens is 232 g/mol. The number of imidazole rings is 1. The first-order chi connectivity index (χ1) is 8.76. The average Bonchev–Trinajstić information content (AvgIpc) is 2.79. The molecule has 8 nitrogen and oxygen atoms in total. The number of aryl methyl sites for hydroxylation is 1. The van der Waals surface area contributed by atoms with Crippen LogP contribution in [0.2, 0.25) is 0 Å². The van der Waals surface area contributed by atoms with Crippen molar-refractivity contribution >= 4 is 17.0 Å². The molecule has 0 aliphatic rings. The predicted molar refractivity (Wildman–Crippen MR) is 67.6 cm³/mol. The van der Waals surface area contributed by atoms with Crippen molar-refractivity contribution in [2.75, 3.05) is 5.73 Å². The highest BCUT2D eigenvalue weighted by atomic mass is 15.2. The lowest BCUT2D eigenvalue weighted by Gasteiger charge is -2.08. The number of anilines is 1. The molecule has 2 N–H and O–H groups in total. The highest BCUT2D eigenvalue weighted by molar-refractivity contribution is 5.80. The molecule has 0 unspecified atom stereocenters. The Kier molecular flexibility index (Phi) is 3.59. The topological polar surface area (TPSA) is 118 Å². The van der Waals surface area contributed by atoms with E-state index in [0.717, 1.165) is 12.8 Å². The number of nitrogens with two attached hydrogens (primary N) is 1. The fourth-order valence-electron chi connectivity index (χ4n) is 1.77. The van der Waals surface area contributed by atoms with Crippen LogP contribution < -0.4 is 5.73 Å². The van der Waals surface area contributed by atoms with E-state index in [9.17, 15) is 0 Å². The minimum absolute atomic E-state index is 0.00775. The largest absolute Gasteiger partial charge is 0.382 e. The summed E-state index contributed by atoms with van der Waals surface area (Å²) < 4.78 is 1.89. The molecule has 0 bridgehead atoms. The van der Waals surface area contributed by atoms with Crippen LogP contribution in [0.3, 0.4) is 0 Å². The van der Waals surface area contributed by atoms with Gasteiger partial charge in [0, 0.05) is 17.5 Å². The zero-order valence-electron chi connectivity index (χ0n) is 10.1. The normalized spacial score (nSPS) is 12.3. The Hall–Kier alpha value is -2.34. The summed E-state index contributed by atoms with van der Waals surface area (Å²) in [5, 5.41) is 3.73. The number of azide groups is 1. The van der Waals surface area contributed by atoms with Crippen molar-refractivity contribution in [2.45, 2.75) is 32.4 Å².